The molecule has 0 aromatic carbocycles. The van der Waals surface area contributed by atoms with Crippen molar-refractivity contribution in [3.63, 3.8) is 0 Å². The number of nitrogens with one attached hydrogen (secondary N) is 1. The van der Waals surface area contributed by atoms with Crippen LogP contribution >= 0.6 is 0 Å². The van der Waals surface area contributed by atoms with Crippen molar-refractivity contribution >= 4 is 5.69 Å². The maximum atomic E-state index is 12.0. The fourth-order valence-electron chi connectivity index (χ4n) is 2.64. The monoisotopic (exact) mass is 288 g/mol. The minimum absolute atomic E-state index is 0.00802. The van der Waals surface area contributed by atoms with Gasteiger partial charge in [0.2, 0.25) is 5.88 Å². The largest absolute Gasteiger partial charge is 0.468 e. The molecule has 1 N–H and O–H groups in total. The molecule has 2 atom stereocenters. The second-order valence-electron chi connectivity index (χ2n) is 5.14. The van der Waals surface area contributed by atoms with E-state index in [0.29, 0.717) is 12.0 Å². The van der Waals surface area contributed by atoms with Gasteiger partial charge in [0.15, 0.2) is 6.61 Å². The van der Waals surface area contributed by atoms with Crippen LogP contribution in [-0.4, -0.2) is 23.8 Å². The van der Waals surface area contributed by atoms with E-state index in [1.807, 2.05) is 0 Å². The zero-order chi connectivity index (χ0) is 14.6. The van der Waals surface area contributed by atoms with Gasteiger partial charge in [-0.2, -0.15) is 13.2 Å². The molecule has 1 aliphatic rings. The lowest BCUT2D eigenvalue weighted by atomic mass is 10.0. The average Bonchev–Trinajstić information content (AvgIpc) is 2.84. The standard InChI is InChI=1S/C14H19F3N2O/c1-2-10-4-3-5-12(10)19-11-6-7-13(18-8-11)20-9-14(15,16)17/h6-8,10,12,19H,2-5,9H2,1H3. The van der Waals surface area contributed by atoms with Crippen molar-refractivity contribution in [1.82, 2.24) is 4.98 Å². The van der Waals surface area contributed by atoms with Crippen molar-refractivity contribution in [2.45, 2.75) is 44.8 Å². The zero-order valence-corrected chi connectivity index (χ0v) is 11.4. The van der Waals surface area contributed by atoms with Gasteiger partial charge in [-0.05, 0) is 24.8 Å². The number of aromatic nitrogens is 1. The molecule has 0 saturated heterocycles. The number of anilines is 1. The Labute approximate surface area is 116 Å². The highest BCUT2D eigenvalue weighted by molar-refractivity contribution is 5.43. The molecular formula is C14H19F3N2O. The molecule has 1 aliphatic carbocycles. The summed E-state index contributed by atoms with van der Waals surface area (Å²) in [6.45, 7) is 0.865. The first-order valence-electron chi connectivity index (χ1n) is 6.90. The van der Waals surface area contributed by atoms with E-state index in [0.717, 1.165) is 18.5 Å². The van der Waals surface area contributed by atoms with E-state index in [1.165, 1.54) is 25.1 Å². The first-order chi connectivity index (χ1) is 9.48. The normalized spacial score (nSPS) is 22.8. The maximum absolute atomic E-state index is 12.0. The molecule has 0 aliphatic heterocycles. The summed E-state index contributed by atoms with van der Waals surface area (Å²) in [4.78, 5) is 3.89. The Balaban J connectivity index is 1.88. The molecule has 1 aromatic heterocycles. The Morgan fingerprint density at radius 3 is 2.75 bits per heavy atom. The average molecular weight is 288 g/mol. The van der Waals surface area contributed by atoms with Crippen molar-refractivity contribution < 1.29 is 17.9 Å². The van der Waals surface area contributed by atoms with Gasteiger partial charge in [-0.15, -0.1) is 0 Å². The second kappa shape index (κ2) is 6.33. The topological polar surface area (TPSA) is 34.1 Å². The van der Waals surface area contributed by atoms with Gasteiger partial charge in [0.1, 0.15) is 0 Å². The summed E-state index contributed by atoms with van der Waals surface area (Å²) in [5.74, 6) is 0.655. The highest BCUT2D eigenvalue weighted by Crippen LogP contribution is 2.30. The van der Waals surface area contributed by atoms with Gasteiger partial charge >= 0.3 is 6.18 Å². The number of pyridine rings is 1. The minimum atomic E-state index is -4.34. The third-order valence-corrected chi connectivity index (χ3v) is 3.66. The molecule has 6 heteroatoms. The van der Waals surface area contributed by atoms with Crippen molar-refractivity contribution in [3.8, 4) is 5.88 Å². The number of halogens is 3. The van der Waals surface area contributed by atoms with Crippen LogP contribution in [0.1, 0.15) is 32.6 Å². The van der Waals surface area contributed by atoms with Crippen LogP contribution in [-0.2, 0) is 0 Å². The lowest BCUT2D eigenvalue weighted by Crippen LogP contribution is -2.23. The number of rotatable bonds is 5. The van der Waals surface area contributed by atoms with Crippen LogP contribution in [0.4, 0.5) is 18.9 Å². The number of ether oxygens (including phenoxy) is 1. The summed E-state index contributed by atoms with van der Waals surface area (Å²) in [5.41, 5.74) is 0.828. The summed E-state index contributed by atoms with van der Waals surface area (Å²) < 4.78 is 40.6. The Kier molecular flexibility index (Phi) is 4.73. The second-order valence-corrected chi connectivity index (χ2v) is 5.14. The molecule has 0 radical (unpaired) electrons. The van der Waals surface area contributed by atoms with Gasteiger partial charge in [0.05, 0.1) is 11.9 Å². The molecule has 112 valence electrons. The summed E-state index contributed by atoms with van der Waals surface area (Å²) in [6, 6.07) is 3.61. The SMILES string of the molecule is CCC1CCCC1Nc1ccc(OCC(F)(F)F)nc1. The first kappa shape index (κ1) is 14.9. The molecule has 0 amide bonds. The molecule has 2 rings (SSSR count). The van der Waals surface area contributed by atoms with Crippen LogP contribution in [0.5, 0.6) is 5.88 Å². The fourth-order valence-corrected chi connectivity index (χ4v) is 2.64. The third-order valence-electron chi connectivity index (χ3n) is 3.66. The van der Waals surface area contributed by atoms with Gasteiger partial charge in [-0.3, -0.25) is 0 Å². The third kappa shape index (κ3) is 4.28. The van der Waals surface area contributed by atoms with E-state index in [-0.39, 0.29) is 5.88 Å². The van der Waals surface area contributed by atoms with Crippen molar-refractivity contribution in [2.75, 3.05) is 11.9 Å². The zero-order valence-electron chi connectivity index (χ0n) is 11.4. The van der Waals surface area contributed by atoms with E-state index in [2.05, 4.69) is 22.0 Å². The molecule has 1 fully saturated rings. The van der Waals surface area contributed by atoms with Crippen LogP contribution in [0.3, 0.4) is 0 Å². The van der Waals surface area contributed by atoms with E-state index in [4.69, 9.17) is 0 Å². The van der Waals surface area contributed by atoms with E-state index in [1.54, 1.807) is 6.07 Å². The summed E-state index contributed by atoms with van der Waals surface area (Å²) in [6.07, 6.45) is 1.90. The first-order valence-corrected chi connectivity index (χ1v) is 6.90. The Morgan fingerprint density at radius 1 is 1.35 bits per heavy atom. The lowest BCUT2D eigenvalue weighted by molar-refractivity contribution is -0.154. The molecule has 3 nitrogen and oxygen atoms in total. The lowest BCUT2D eigenvalue weighted by Gasteiger charge is -2.20. The molecule has 2 unspecified atom stereocenters. The highest BCUT2D eigenvalue weighted by Gasteiger charge is 2.28. The van der Waals surface area contributed by atoms with Gasteiger partial charge in [0.25, 0.3) is 0 Å². The van der Waals surface area contributed by atoms with Gasteiger partial charge < -0.3 is 10.1 Å². The minimum Gasteiger partial charge on any atom is -0.468 e. The number of hydrogen-bond donors (Lipinski definition) is 1. The molecule has 20 heavy (non-hydrogen) atoms. The van der Waals surface area contributed by atoms with E-state index >= 15 is 0 Å². The van der Waals surface area contributed by atoms with Crippen LogP contribution in [0.15, 0.2) is 18.3 Å². The number of alkyl halides is 3. The maximum Gasteiger partial charge on any atom is 0.422 e. The quantitative estimate of drug-likeness (QED) is 0.888. The molecule has 1 heterocycles. The van der Waals surface area contributed by atoms with Crippen LogP contribution in [0, 0.1) is 5.92 Å². The summed E-state index contributed by atoms with van der Waals surface area (Å²) >= 11 is 0. The smallest absolute Gasteiger partial charge is 0.422 e. The summed E-state index contributed by atoms with van der Waals surface area (Å²) in [5, 5.41) is 3.40. The predicted molar refractivity (Wildman–Crippen MR) is 70.8 cm³/mol. The molecule has 1 aromatic rings. The van der Waals surface area contributed by atoms with Crippen LogP contribution in [0.25, 0.3) is 0 Å². The molecule has 1 saturated carbocycles. The van der Waals surface area contributed by atoms with Crippen molar-refractivity contribution in [2.24, 2.45) is 5.92 Å². The van der Waals surface area contributed by atoms with Crippen LogP contribution < -0.4 is 10.1 Å². The highest BCUT2D eigenvalue weighted by atomic mass is 19.4. The predicted octanol–water partition coefficient (Wildman–Crippen LogP) is 4.01. The molecule has 0 bridgehead atoms. The number of hydrogen-bond acceptors (Lipinski definition) is 3. The van der Waals surface area contributed by atoms with E-state index < -0.39 is 12.8 Å². The summed E-state index contributed by atoms with van der Waals surface area (Å²) in [7, 11) is 0. The Bertz CT molecular complexity index is 419. The number of nitrogens with zero attached hydrogens (tertiary/aromatic N) is 1. The van der Waals surface area contributed by atoms with Gasteiger partial charge in [0, 0.05) is 12.1 Å². The molecular weight excluding hydrogens is 269 g/mol. The van der Waals surface area contributed by atoms with Gasteiger partial charge in [-0.1, -0.05) is 19.8 Å². The Morgan fingerprint density at radius 2 is 2.15 bits per heavy atom. The van der Waals surface area contributed by atoms with Crippen molar-refractivity contribution in [3.05, 3.63) is 18.3 Å². The Hall–Kier alpha value is -1.46. The van der Waals surface area contributed by atoms with Gasteiger partial charge in [-0.25, -0.2) is 4.98 Å². The van der Waals surface area contributed by atoms with Crippen molar-refractivity contribution in [1.29, 1.82) is 0 Å². The van der Waals surface area contributed by atoms with Crippen LogP contribution in [0.2, 0.25) is 0 Å². The molecule has 0 spiro atoms. The van der Waals surface area contributed by atoms with E-state index in [9.17, 15) is 13.2 Å². The fraction of sp³-hybridized carbons (Fsp3) is 0.643.